The number of hydrogen-bond donors (Lipinski definition) is 0. The molecule has 0 N–H and O–H groups in total. The van der Waals surface area contributed by atoms with Crippen molar-refractivity contribution in [3.63, 3.8) is 0 Å². The summed E-state index contributed by atoms with van der Waals surface area (Å²) in [6.07, 6.45) is 16.4. The van der Waals surface area contributed by atoms with Crippen molar-refractivity contribution in [1.82, 2.24) is 0 Å². The van der Waals surface area contributed by atoms with Crippen molar-refractivity contribution >= 4 is 0 Å². The molecule has 84 valence electrons. The van der Waals surface area contributed by atoms with Crippen molar-refractivity contribution in [1.29, 1.82) is 0 Å². The first-order valence-electron chi connectivity index (χ1n) is 5.79. The minimum Gasteiger partial charge on any atom is -0.0856 e. The van der Waals surface area contributed by atoms with Crippen LogP contribution in [0.1, 0.15) is 47.0 Å². The van der Waals surface area contributed by atoms with Crippen LogP contribution in [0.2, 0.25) is 0 Å². The zero-order valence-corrected chi connectivity index (χ0v) is 10.6. The average molecular weight is 204 g/mol. The fraction of sp³-hybridized carbons (Fsp3) is 0.467. The Morgan fingerprint density at radius 1 is 1.00 bits per heavy atom. The lowest BCUT2D eigenvalue weighted by Crippen LogP contribution is -1.75. The maximum atomic E-state index is 2.29. The van der Waals surface area contributed by atoms with E-state index in [-0.39, 0.29) is 0 Å². The van der Waals surface area contributed by atoms with E-state index in [0.717, 1.165) is 19.3 Å². The summed E-state index contributed by atoms with van der Waals surface area (Å²) in [5.74, 6) is 0. The third-order valence-corrected chi connectivity index (χ3v) is 2.07. The monoisotopic (exact) mass is 204 g/mol. The Labute approximate surface area is 95.1 Å². The van der Waals surface area contributed by atoms with E-state index < -0.39 is 0 Å². The van der Waals surface area contributed by atoms with Crippen LogP contribution in [0.4, 0.5) is 0 Å². The summed E-state index contributed by atoms with van der Waals surface area (Å²) in [6, 6.07) is 0. The number of rotatable bonds is 6. The molecule has 0 aliphatic rings. The molecule has 0 atom stereocenters. The van der Waals surface area contributed by atoms with Crippen LogP contribution >= 0.6 is 0 Å². The second-order valence-corrected chi connectivity index (χ2v) is 4.05. The highest BCUT2D eigenvalue weighted by atomic mass is 13.9. The van der Waals surface area contributed by atoms with Gasteiger partial charge in [0.1, 0.15) is 0 Å². The Balaban J connectivity index is 3.84. The lowest BCUT2D eigenvalue weighted by Gasteiger charge is -1.96. The van der Waals surface area contributed by atoms with E-state index in [1.165, 1.54) is 11.1 Å². The van der Waals surface area contributed by atoms with E-state index in [4.69, 9.17) is 0 Å². The van der Waals surface area contributed by atoms with Crippen molar-refractivity contribution in [2.24, 2.45) is 0 Å². The molecule has 0 heteroatoms. The van der Waals surface area contributed by atoms with Crippen LogP contribution in [0, 0.1) is 0 Å². The smallest absolute Gasteiger partial charge is 0.0285 e. The average Bonchev–Trinajstić information content (AvgIpc) is 2.17. The second-order valence-electron chi connectivity index (χ2n) is 4.05. The van der Waals surface area contributed by atoms with Gasteiger partial charge >= 0.3 is 0 Å². The van der Waals surface area contributed by atoms with Crippen molar-refractivity contribution in [3.05, 3.63) is 47.6 Å². The normalized spacial score (nSPS) is 12.7. The van der Waals surface area contributed by atoms with Crippen molar-refractivity contribution < 1.29 is 0 Å². The Hall–Kier alpha value is -1.04. The quantitative estimate of drug-likeness (QED) is 0.412. The molecule has 0 aromatic heterocycles. The van der Waals surface area contributed by atoms with E-state index in [2.05, 4.69) is 64.2 Å². The molecule has 0 aliphatic heterocycles. The van der Waals surface area contributed by atoms with Gasteiger partial charge in [-0.3, -0.25) is 0 Å². The first kappa shape index (κ1) is 14.0. The molecular formula is C15H24. The van der Waals surface area contributed by atoms with Gasteiger partial charge in [0.25, 0.3) is 0 Å². The van der Waals surface area contributed by atoms with Crippen molar-refractivity contribution in [2.75, 3.05) is 0 Å². The van der Waals surface area contributed by atoms with Gasteiger partial charge in [-0.05, 0) is 40.0 Å². The summed E-state index contributed by atoms with van der Waals surface area (Å²) in [5, 5.41) is 0. The summed E-state index contributed by atoms with van der Waals surface area (Å²) in [5.41, 5.74) is 2.85. The fourth-order valence-corrected chi connectivity index (χ4v) is 1.17. The molecule has 0 rings (SSSR count). The van der Waals surface area contributed by atoms with Gasteiger partial charge in [-0.1, -0.05) is 54.5 Å². The molecule has 0 bridgehead atoms. The molecule has 0 aromatic rings. The minimum absolute atomic E-state index is 1.10. The van der Waals surface area contributed by atoms with Gasteiger partial charge in [0.15, 0.2) is 0 Å². The molecule has 0 unspecified atom stereocenters. The molecule has 0 radical (unpaired) electrons. The molecule has 0 aliphatic carbocycles. The van der Waals surface area contributed by atoms with Crippen LogP contribution in [0.15, 0.2) is 47.6 Å². The first-order valence-corrected chi connectivity index (χ1v) is 5.79. The van der Waals surface area contributed by atoms with E-state index >= 15 is 0 Å². The molecule has 0 saturated carbocycles. The van der Waals surface area contributed by atoms with Gasteiger partial charge in [0.05, 0.1) is 0 Å². The maximum absolute atomic E-state index is 2.29. The third kappa shape index (κ3) is 10.9. The Morgan fingerprint density at radius 2 is 1.73 bits per heavy atom. The Kier molecular flexibility index (Phi) is 8.85. The predicted octanol–water partition coefficient (Wildman–Crippen LogP) is 5.20. The highest BCUT2D eigenvalue weighted by Crippen LogP contribution is 2.06. The molecular weight excluding hydrogens is 180 g/mol. The SMILES string of the molecule is CC/C=C/C=C/C=C(\C)CCC=C(C)C. The van der Waals surface area contributed by atoms with Crippen LogP contribution in [-0.2, 0) is 0 Å². The summed E-state index contributed by atoms with van der Waals surface area (Å²) in [6.45, 7) is 8.63. The van der Waals surface area contributed by atoms with Crippen LogP contribution in [0.3, 0.4) is 0 Å². The molecule has 0 saturated heterocycles. The summed E-state index contributed by atoms with van der Waals surface area (Å²) in [7, 11) is 0. The van der Waals surface area contributed by atoms with Gasteiger partial charge in [-0.15, -0.1) is 0 Å². The van der Waals surface area contributed by atoms with Crippen LogP contribution in [0.5, 0.6) is 0 Å². The van der Waals surface area contributed by atoms with Crippen molar-refractivity contribution in [2.45, 2.75) is 47.0 Å². The van der Waals surface area contributed by atoms with Gasteiger partial charge in [-0.25, -0.2) is 0 Å². The van der Waals surface area contributed by atoms with E-state index in [1.54, 1.807) is 0 Å². The fourth-order valence-electron chi connectivity index (χ4n) is 1.17. The molecule has 0 heterocycles. The largest absolute Gasteiger partial charge is 0.0856 e. The number of allylic oxidation sites excluding steroid dienone is 8. The molecule has 15 heavy (non-hydrogen) atoms. The molecule has 0 fully saturated rings. The number of hydrogen-bond acceptors (Lipinski definition) is 0. The highest BCUT2D eigenvalue weighted by molar-refractivity contribution is 5.15. The van der Waals surface area contributed by atoms with Gasteiger partial charge in [0, 0.05) is 0 Å². The van der Waals surface area contributed by atoms with Crippen molar-refractivity contribution in [3.8, 4) is 0 Å². The lowest BCUT2D eigenvalue weighted by atomic mass is 10.1. The Bertz CT molecular complexity index is 258. The zero-order chi connectivity index (χ0) is 11.5. The van der Waals surface area contributed by atoms with E-state index in [0.29, 0.717) is 0 Å². The lowest BCUT2D eigenvalue weighted by molar-refractivity contribution is 0.967. The maximum Gasteiger partial charge on any atom is -0.0285 e. The van der Waals surface area contributed by atoms with E-state index in [9.17, 15) is 0 Å². The highest BCUT2D eigenvalue weighted by Gasteiger charge is 1.86. The second kappa shape index (κ2) is 9.51. The molecule has 0 nitrogen and oxygen atoms in total. The van der Waals surface area contributed by atoms with E-state index in [1.807, 2.05) is 0 Å². The zero-order valence-electron chi connectivity index (χ0n) is 10.6. The standard InChI is InChI=1S/C15H24/c1-5-6-7-8-9-12-15(4)13-10-11-14(2)3/h6-9,11-12H,5,10,13H2,1-4H3/b7-6+,9-8+,15-12+. The minimum atomic E-state index is 1.10. The summed E-state index contributed by atoms with van der Waals surface area (Å²) >= 11 is 0. The van der Waals surface area contributed by atoms with Gasteiger partial charge in [0.2, 0.25) is 0 Å². The summed E-state index contributed by atoms with van der Waals surface area (Å²) < 4.78 is 0. The molecule has 0 spiro atoms. The van der Waals surface area contributed by atoms with Gasteiger partial charge in [-0.2, -0.15) is 0 Å². The van der Waals surface area contributed by atoms with Crippen LogP contribution in [0.25, 0.3) is 0 Å². The van der Waals surface area contributed by atoms with Crippen LogP contribution in [-0.4, -0.2) is 0 Å². The molecule has 0 amide bonds. The van der Waals surface area contributed by atoms with Gasteiger partial charge < -0.3 is 0 Å². The van der Waals surface area contributed by atoms with Crippen LogP contribution < -0.4 is 0 Å². The Morgan fingerprint density at radius 3 is 2.33 bits per heavy atom. The first-order chi connectivity index (χ1) is 7.16. The molecule has 0 aromatic carbocycles. The summed E-state index contributed by atoms with van der Waals surface area (Å²) in [4.78, 5) is 0. The third-order valence-electron chi connectivity index (χ3n) is 2.07. The predicted molar refractivity (Wildman–Crippen MR) is 71.0 cm³/mol. The topological polar surface area (TPSA) is 0 Å².